The third kappa shape index (κ3) is 3.32. The van der Waals surface area contributed by atoms with E-state index in [0.29, 0.717) is 0 Å². The van der Waals surface area contributed by atoms with Crippen molar-refractivity contribution in [2.75, 3.05) is 50.8 Å². The number of rotatable bonds is 3. The van der Waals surface area contributed by atoms with Gasteiger partial charge in [-0.05, 0) is 46.8 Å². The van der Waals surface area contributed by atoms with E-state index in [1.807, 2.05) is 6.20 Å². The van der Waals surface area contributed by atoms with E-state index in [0.717, 1.165) is 55.6 Å². The minimum absolute atomic E-state index is 0.745. The van der Waals surface area contributed by atoms with Crippen molar-refractivity contribution in [2.24, 2.45) is 5.92 Å². The van der Waals surface area contributed by atoms with E-state index in [9.17, 15) is 0 Å². The van der Waals surface area contributed by atoms with Gasteiger partial charge in [-0.25, -0.2) is 4.98 Å². The van der Waals surface area contributed by atoms with E-state index in [-0.39, 0.29) is 0 Å². The van der Waals surface area contributed by atoms with Crippen LogP contribution >= 0.6 is 15.9 Å². The Morgan fingerprint density at radius 3 is 2.80 bits per heavy atom. The summed E-state index contributed by atoms with van der Waals surface area (Å²) in [4.78, 5) is 9.55. The Labute approximate surface area is 129 Å². The largest absolute Gasteiger partial charge is 0.381 e. The predicted molar refractivity (Wildman–Crippen MR) is 84.3 cm³/mol. The highest BCUT2D eigenvalue weighted by Crippen LogP contribution is 2.22. The molecule has 0 radical (unpaired) electrons. The molecule has 2 aliphatic heterocycles. The van der Waals surface area contributed by atoms with E-state index in [4.69, 9.17) is 4.74 Å². The summed E-state index contributed by atoms with van der Waals surface area (Å²) >= 11 is 3.48. The molecule has 5 heteroatoms. The normalized spacial score (nSPS) is 24.3. The zero-order valence-corrected chi connectivity index (χ0v) is 13.6. The molecule has 3 heterocycles. The van der Waals surface area contributed by atoms with Gasteiger partial charge in [0.2, 0.25) is 0 Å². The Bertz CT molecular complexity index is 454. The van der Waals surface area contributed by atoms with Crippen LogP contribution in [0.3, 0.4) is 0 Å². The molecular formula is C15H22BrN3O. The zero-order chi connectivity index (χ0) is 13.9. The molecule has 0 N–H and O–H groups in total. The van der Waals surface area contributed by atoms with Gasteiger partial charge in [0.15, 0.2) is 0 Å². The topological polar surface area (TPSA) is 28.6 Å². The minimum Gasteiger partial charge on any atom is -0.381 e. The van der Waals surface area contributed by atoms with Gasteiger partial charge in [0.1, 0.15) is 5.82 Å². The van der Waals surface area contributed by atoms with Crippen LogP contribution in [0.25, 0.3) is 0 Å². The highest BCUT2D eigenvalue weighted by Gasteiger charge is 2.23. The average molecular weight is 340 g/mol. The Morgan fingerprint density at radius 1 is 1.35 bits per heavy atom. The number of piperazine rings is 1. The highest BCUT2D eigenvalue weighted by molar-refractivity contribution is 9.10. The number of ether oxygens (including phenoxy) is 1. The monoisotopic (exact) mass is 339 g/mol. The first-order valence-corrected chi connectivity index (χ1v) is 8.19. The molecular weight excluding hydrogens is 318 g/mol. The number of hydrogen-bond acceptors (Lipinski definition) is 4. The van der Waals surface area contributed by atoms with Crippen LogP contribution in [0.4, 0.5) is 5.82 Å². The van der Waals surface area contributed by atoms with Crippen LogP contribution in [0, 0.1) is 12.8 Å². The molecule has 2 aliphatic rings. The Balaban J connectivity index is 1.55. The smallest absolute Gasteiger partial charge is 0.131 e. The van der Waals surface area contributed by atoms with Gasteiger partial charge >= 0.3 is 0 Å². The summed E-state index contributed by atoms with van der Waals surface area (Å²) in [5.74, 6) is 1.88. The van der Waals surface area contributed by atoms with Crippen LogP contribution in [0.5, 0.6) is 0 Å². The van der Waals surface area contributed by atoms with Crippen molar-refractivity contribution in [2.45, 2.75) is 13.3 Å². The molecule has 0 aromatic carbocycles. The molecule has 0 saturated carbocycles. The van der Waals surface area contributed by atoms with Crippen molar-refractivity contribution in [3.05, 3.63) is 22.3 Å². The van der Waals surface area contributed by atoms with E-state index in [1.165, 1.54) is 18.5 Å². The third-order valence-electron chi connectivity index (χ3n) is 4.23. The second kappa shape index (κ2) is 6.41. The summed E-state index contributed by atoms with van der Waals surface area (Å²) in [7, 11) is 0. The quantitative estimate of drug-likeness (QED) is 0.844. The summed E-state index contributed by atoms with van der Waals surface area (Å²) in [6.45, 7) is 9.64. The number of halogens is 1. The molecule has 1 atom stereocenters. The summed E-state index contributed by atoms with van der Waals surface area (Å²) in [5, 5.41) is 0. The number of anilines is 1. The highest BCUT2D eigenvalue weighted by atomic mass is 79.9. The van der Waals surface area contributed by atoms with E-state index >= 15 is 0 Å². The average Bonchev–Trinajstić information content (AvgIpc) is 2.93. The standard InChI is InChI=1S/C15H22BrN3O/c1-12-8-14(16)9-17-15(12)19-5-3-18(4-6-19)10-13-2-7-20-11-13/h8-9,13H,2-7,10-11H2,1H3/t13-/m1/s1. The van der Waals surface area contributed by atoms with E-state index in [2.05, 4.69) is 43.7 Å². The molecule has 20 heavy (non-hydrogen) atoms. The van der Waals surface area contributed by atoms with E-state index < -0.39 is 0 Å². The lowest BCUT2D eigenvalue weighted by Crippen LogP contribution is -2.48. The molecule has 0 aliphatic carbocycles. The van der Waals surface area contributed by atoms with E-state index in [1.54, 1.807) is 0 Å². The maximum Gasteiger partial charge on any atom is 0.131 e. The fourth-order valence-corrected chi connectivity index (χ4v) is 3.54. The number of pyridine rings is 1. The Morgan fingerprint density at radius 2 is 2.15 bits per heavy atom. The summed E-state index contributed by atoms with van der Waals surface area (Å²) < 4.78 is 6.52. The van der Waals surface area contributed by atoms with Gasteiger partial charge in [-0.3, -0.25) is 4.90 Å². The lowest BCUT2D eigenvalue weighted by molar-refractivity contribution is 0.164. The van der Waals surface area contributed by atoms with Gasteiger partial charge in [0.25, 0.3) is 0 Å². The fraction of sp³-hybridized carbons (Fsp3) is 0.667. The number of aryl methyl sites for hydroxylation is 1. The number of aromatic nitrogens is 1. The molecule has 3 rings (SSSR count). The number of nitrogens with zero attached hydrogens (tertiary/aromatic N) is 3. The molecule has 0 bridgehead atoms. The van der Waals surface area contributed by atoms with Crippen molar-refractivity contribution in [3.63, 3.8) is 0 Å². The van der Waals surface area contributed by atoms with Crippen LogP contribution in [-0.2, 0) is 4.74 Å². The van der Waals surface area contributed by atoms with Crippen LogP contribution in [0.15, 0.2) is 16.7 Å². The van der Waals surface area contributed by atoms with Gasteiger partial charge in [-0.1, -0.05) is 0 Å². The van der Waals surface area contributed by atoms with Gasteiger partial charge < -0.3 is 9.64 Å². The molecule has 0 spiro atoms. The van der Waals surface area contributed by atoms with Crippen LogP contribution in [-0.4, -0.2) is 55.8 Å². The van der Waals surface area contributed by atoms with Crippen LogP contribution < -0.4 is 4.90 Å². The predicted octanol–water partition coefficient (Wildman–Crippen LogP) is 2.31. The maximum atomic E-state index is 5.46. The van der Waals surface area contributed by atoms with Gasteiger partial charge in [-0.15, -0.1) is 0 Å². The molecule has 110 valence electrons. The molecule has 4 nitrogen and oxygen atoms in total. The van der Waals surface area contributed by atoms with Crippen LogP contribution in [0.2, 0.25) is 0 Å². The van der Waals surface area contributed by atoms with Gasteiger partial charge in [-0.2, -0.15) is 0 Å². The van der Waals surface area contributed by atoms with Crippen molar-refractivity contribution in [3.8, 4) is 0 Å². The fourth-order valence-electron chi connectivity index (χ4n) is 3.10. The molecule has 1 aromatic heterocycles. The molecule has 1 aromatic rings. The molecule has 0 unspecified atom stereocenters. The summed E-state index contributed by atoms with van der Waals surface area (Å²) in [6.07, 6.45) is 3.12. The zero-order valence-electron chi connectivity index (χ0n) is 12.0. The van der Waals surface area contributed by atoms with Crippen molar-refractivity contribution in [1.82, 2.24) is 9.88 Å². The molecule has 2 fully saturated rings. The van der Waals surface area contributed by atoms with Gasteiger partial charge in [0.05, 0.1) is 6.61 Å². The first-order valence-electron chi connectivity index (χ1n) is 7.39. The minimum atomic E-state index is 0.745. The first-order chi connectivity index (χ1) is 9.72. The Hall–Kier alpha value is -0.650. The Kier molecular flexibility index (Phi) is 4.58. The number of hydrogen-bond donors (Lipinski definition) is 0. The maximum absolute atomic E-state index is 5.46. The first kappa shape index (κ1) is 14.3. The second-order valence-corrected chi connectivity index (χ2v) is 6.73. The summed E-state index contributed by atoms with van der Waals surface area (Å²) in [5.41, 5.74) is 1.25. The van der Waals surface area contributed by atoms with Crippen molar-refractivity contribution in [1.29, 1.82) is 0 Å². The summed E-state index contributed by atoms with van der Waals surface area (Å²) in [6, 6.07) is 2.14. The second-order valence-electron chi connectivity index (χ2n) is 5.81. The van der Waals surface area contributed by atoms with Crippen molar-refractivity contribution >= 4 is 21.7 Å². The molecule has 2 saturated heterocycles. The lowest BCUT2D eigenvalue weighted by atomic mass is 10.1. The van der Waals surface area contributed by atoms with Crippen molar-refractivity contribution < 1.29 is 4.74 Å². The molecule has 0 amide bonds. The third-order valence-corrected chi connectivity index (χ3v) is 4.66. The van der Waals surface area contributed by atoms with Crippen LogP contribution in [0.1, 0.15) is 12.0 Å². The SMILES string of the molecule is Cc1cc(Br)cnc1N1CCN(C[C@H]2CCOC2)CC1. The lowest BCUT2D eigenvalue weighted by Gasteiger charge is -2.36. The van der Waals surface area contributed by atoms with Gasteiger partial charge in [0, 0.05) is 50.0 Å².